The Hall–Kier alpha value is -0.470. The van der Waals surface area contributed by atoms with Gasteiger partial charge in [-0.15, -0.1) is 0 Å². The van der Waals surface area contributed by atoms with E-state index in [1.54, 1.807) is 0 Å². The van der Waals surface area contributed by atoms with E-state index >= 15 is 0 Å². The predicted molar refractivity (Wildman–Crippen MR) is 60.4 cm³/mol. The topological polar surface area (TPSA) is 15.8 Å². The molecule has 1 aromatic heterocycles. The second-order valence-corrected chi connectivity index (χ2v) is 4.17. The molecule has 1 nitrogen and oxygen atoms in total. The predicted octanol–water partition coefficient (Wildman–Crippen LogP) is 4.15. The van der Waals surface area contributed by atoms with Gasteiger partial charge in [-0.3, -0.25) is 0 Å². The lowest BCUT2D eigenvalue weighted by Gasteiger charge is -1.95. The van der Waals surface area contributed by atoms with Crippen LogP contribution in [-0.2, 0) is 6.42 Å². The van der Waals surface area contributed by atoms with Crippen LogP contribution in [0.1, 0.15) is 12.6 Å². The van der Waals surface area contributed by atoms with Gasteiger partial charge in [0.05, 0.1) is 5.02 Å². The molecular weight excluding hydrogens is 249 g/mol. The van der Waals surface area contributed by atoms with Gasteiger partial charge in [0.25, 0.3) is 0 Å². The summed E-state index contributed by atoms with van der Waals surface area (Å²) in [5.74, 6) is 0. The Kier molecular flexibility index (Phi) is 2.35. The summed E-state index contributed by atoms with van der Waals surface area (Å²) in [7, 11) is 0. The first-order valence-corrected chi connectivity index (χ1v) is 5.35. The molecule has 0 saturated heterocycles. The van der Waals surface area contributed by atoms with Gasteiger partial charge in [0, 0.05) is 21.1 Å². The fraction of sp³-hybridized carbons (Fsp3) is 0.200. The van der Waals surface area contributed by atoms with Crippen LogP contribution in [0, 0.1) is 0 Å². The molecule has 2 aromatic rings. The van der Waals surface area contributed by atoms with Crippen LogP contribution in [0.5, 0.6) is 0 Å². The zero-order valence-corrected chi connectivity index (χ0v) is 9.54. The van der Waals surface area contributed by atoms with Gasteiger partial charge in [-0.25, -0.2) is 0 Å². The van der Waals surface area contributed by atoms with E-state index in [2.05, 4.69) is 33.9 Å². The van der Waals surface area contributed by atoms with E-state index in [9.17, 15) is 0 Å². The lowest BCUT2D eigenvalue weighted by molar-refractivity contribution is 1.07. The lowest BCUT2D eigenvalue weighted by atomic mass is 10.2. The van der Waals surface area contributed by atoms with E-state index in [1.165, 1.54) is 5.69 Å². The van der Waals surface area contributed by atoms with Crippen molar-refractivity contribution in [2.45, 2.75) is 13.3 Å². The minimum Gasteiger partial charge on any atom is -0.358 e. The standard InChI is InChI=1S/C10H9BrClN/c1-2-6-5-7-9(13-6)4-3-8(12)10(7)11/h3-5,13H,2H2,1H3. The van der Waals surface area contributed by atoms with Crippen molar-refractivity contribution in [3.8, 4) is 0 Å². The molecule has 0 aliphatic carbocycles. The van der Waals surface area contributed by atoms with Crippen molar-refractivity contribution in [3.63, 3.8) is 0 Å². The van der Waals surface area contributed by atoms with Gasteiger partial charge in [-0.05, 0) is 40.5 Å². The third kappa shape index (κ3) is 1.49. The third-order valence-electron chi connectivity index (χ3n) is 2.13. The summed E-state index contributed by atoms with van der Waals surface area (Å²) in [5.41, 5.74) is 2.37. The van der Waals surface area contributed by atoms with Crippen molar-refractivity contribution in [2.75, 3.05) is 0 Å². The average molecular weight is 259 g/mol. The molecule has 2 rings (SSSR count). The van der Waals surface area contributed by atoms with Crippen LogP contribution in [0.25, 0.3) is 10.9 Å². The number of halogens is 2. The Balaban J connectivity index is 2.76. The monoisotopic (exact) mass is 257 g/mol. The molecule has 0 unspecified atom stereocenters. The quantitative estimate of drug-likeness (QED) is 0.791. The van der Waals surface area contributed by atoms with E-state index in [4.69, 9.17) is 11.6 Å². The Morgan fingerprint density at radius 3 is 2.92 bits per heavy atom. The molecule has 0 spiro atoms. The smallest absolute Gasteiger partial charge is 0.0555 e. The van der Waals surface area contributed by atoms with E-state index in [0.29, 0.717) is 0 Å². The first-order chi connectivity index (χ1) is 6.22. The van der Waals surface area contributed by atoms with Gasteiger partial charge in [0.15, 0.2) is 0 Å². The molecule has 68 valence electrons. The number of rotatable bonds is 1. The van der Waals surface area contributed by atoms with Gasteiger partial charge in [-0.1, -0.05) is 18.5 Å². The number of hydrogen-bond donors (Lipinski definition) is 1. The molecule has 0 bridgehead atoms. The van der Waals surface area contributed by atoms with Crippen LogP contribution in [0.15, 0.2) is 22.7 Å². The third-order valence-corrected chi connectivity index (χ3v) is 3.52. The highest BCUT2D eigenvalue weighted by Crippen LogP contribution is 2.31. The van der Waals surface area contributed by atoms with Gasteiger partial charge in [0.1, 0.15) is 0 Å². The highest BCUT2D eigenvalue weighted by Gasteiger charge is 2.05. The number of aromatic nitrogens is 1. The molecule has 0 saturated carbocycles. The number of hydrogen-bond acceptors (Lipinski definition) is 0. The van der Waals surface area contributed by atoms with Crippen molar-refractivity contribution in [3.05, 3.63) is 33.4 Å². The summed E-state index contributed by atoms with van der Waals surface area (Å²) < 4.78 is 0.975. The van der Waals surface area contributed by atoms with Crippen LogP contribution < -0.4 is 0 Å². The zero-order valence-electron chi connectivity index (χ0n) is 7.20. The zero-order chi connectivity index (χ0) is 9.42. The van der Waals surface area contributed by atoms with E-state index < -0.39 is 0 Å². The van der Waals surface area contributed by atoms with E-state index in [0.717, 1.165) is 26.8 Å². The minimum absolute atomic E-state index is 0.758. The van der Waals surface area contributed by atoms with Gasteiger partial charge in [-0.2, -0.15) is 0 Å². The second kappa shape index (κ2) is 3.35. The summed E-state index contributed by atoms with van der Waals surface area (Å²) in [4.78, 5) is 3.32. The fourth-order valence-corrected chi connectivity index (χ4v) is 2.02. The second-order valence-electron chi connectivity index (χ2n) is 2.97. The van der Waals surface area contributed by atoms with Crippen molar-refractivity contribution in [1.82, 2.24) is 4.98 Å². The Morgan fingerprint density at radius 1 is 1.46 bits per heavy atom. The summed E-state index contributed by atoms with van der Waals surface area (Å²) in [5, 5.41) is 1.92. The van der Waals surface area contributed by atoms with Crippen LogP contribution in [0.2, 0.25) is 5.02 Å². The number of H-pyrrole nitrogens is 1. The molecule has 0 radical (unpaired) electrons. The SMILES string of the molecule is CCc1cc2c(Br)c(Cl)ccc2[nH]1. The largest absolute Gasteiger partial charge is 0.358 e. The first kappa shape index (κ1) is 9.10. The Morgan fingerprint density at radius 2 is 2.23 bits per heavy atom. The van der Waals surface area contributed by atoms with Crippen molar-refractivity contribution in [1.29, 1.82) is 0 Å². The number of nitrogens with one attached hydrogen (secondary N) is 1. The number of benzene rings is 1. The molecule has 0 amide bonds. The molecule has 1 heterocycles. The Labute approximate surface area is 90.2 Å². The normalized spacial score (nSPS) is 11.0. The number of aromatic amines is 1. The highest BCUT2D eigenvalue weighted by atomic mass is 79.9. The van der Waals surface area contributed by atoms with Crippen LogP contribution in [0.4, 0.5) is 0 Å². The van der Waals surface area contributed by atoms with Crippen molar-refractivity contribution >= 4 is 38.4 Å². The van der Waals surface area contributed by atoms with Gasteiger partial charge >= 0.3 is 0 Å². The lowest BCUT2D eigenvalue weighted by Crippen LogP contribution is -1.75. The van der Waals surface area contributed by atoms with E-state index in [1.807, 2.05) is 12.1 Å². The molecule has 0 aliphatic heterocycles. The molecule has 0 fully saturated rings. The molecular formula is C10H9BrClN. The Bertz CT molecular complexity index is 447. The van der Waals surface area contributed by atoms with Crippen LogP contribution in [-0.4, -0.2) is 4.98 Å². The maximum absolute atomic E-state index is 5.98. The first-order valence-electron chi connectivity index (χ1n) is 4.18. The molecule has 13 heavy (non-hydrogen) atoms. The maximum atomic E-state index is 5.98. The molecule has 0 atom stereocenters. The maximum Gasteiger partial charge on any atom is 0.0555 e. The summed E-state index contributed by atoms with van der Waals surface area (Å²) in [6.45, 7) is 2.13. The fourth-order valence-electron chi connectivity index (χ4n) is 1.39. The molecule has 1 aromatic carbocycles. The molecule has 0 aliphatic rings. The summed E-state index contributed by atoms with van der Waals surface area (Å²) in [6.07, 6.45) is 1.01. The molecule has 1 N–H and O–H groups in total. The average Bonchev–Trinajstić information content (AvgIpc) is 2.55. The highest BCUT2D eigenvalue weighted by molar-refractivity contribution is 9.10. The van der Waals surface area contributed by atoms with Crippen molar-refractivity contribution < 1.29 is 0 Å². The number of fused-ring (bicyclic) bond motifs is 1. The van der Waals surface area contributed by atoms with Crippen molar-refractivity contribution in [2.24, 2.45) is 0 Å². The minimum atomic E-state index is 0.758. The van der Waals surface area contributed by atoms with Crippen LogP contribution >= 0.6 is 27.5 Å². The van der Waals surface area contributed by atoms with Crippen LogP contribution in [0.3, 0.4) is 0 Å². The molecule has 3 heteroatoms. The summed E-state index contributed by atoms with van der Waals surface area (Å²) >= 11 is 9.45. The number of aryl methyl sites for hydroxylation is 1. The van der Waals surface area contributed by atoms with Gasteiger partial charge < -0.3 is 4.98 Å². The van der Waals surface area contributed by atoms with E-state index in [-0.39, 0.29) is 0 Å². The van der Waals surface area contributed by atoms with Gasteiger partial charge in [0.2, 0.25) is 0 Å². The summed E-state index contributed by atoms with van der Waals surface area (Å²) in [6, 6.07) is 6.02.